The van der Waals surface area contributed by atoms with Crippen LogP contribution in [-0.4, -0.2) is 35.8 Å². The Morgan fingerprint density at radius 3 is 2.60 bits per heavy atom. The van der Waals surface area contributed by atoms with Gasteiger partial charge < -0.3 is 20.4 Å². The molecular weight excluding hydrogens is 320 g/mol. The molecule has 0 atom stereocenters. The topological polar surface area (TPSA) is 101 Å². The fraction of sp³-hybridized carbons (Fsp3) is 0.167. The number of carbonyl (C=O) groups is 2. The number of rotatable bonds is 3. The van der Waals surface area contributed by atoms with Gasteiger partial charge in [0.2, 0.25) is 5.76 Å². The van der Waals surface area contributed by atoms with Gasteiger partial charge in [-0.15, -0.1) is 0 Å². The van der Waals surface area contributed by atoms with Crippen molar-refractivity contribution in [3.63, 3.8) is 0 Å². The zero-order valence-electron chi connectivity index (χ0n) is 14.2. The zero-order chi connectivity index (χ0) is 18.1. The molecule has 25 heavy (non-hydrogen) atoms. The van der Waals surface area contributed by atoms with Crippen molar-refractivity contribution in [3.05, 3.63) is 53.4 Å². The van der Waals surface area contributed by atoms with Gasteiger partial charge in [0.1, 0.15) is 11.4 Å². The number of pyridine rings is 1. The lowest BCUT2D eigenvalue weighted by Crippen LogP contribution is -2.22. The highest BCUT2D eigenvalue weighted by atomic mass is 16.3. The van der Waals surface area contributed by atoms with Crippen LogP contribution in [0.1, 0.15) is 26.5 Å². The number of amides is 2. The van der Waals surface area contributed by atoms with E-state index in [4.69, 9.17) is 10.2 Å². The Bertz CT molecular complexity index is 958. The quantitative estimate of drug-likeness (QED) is 0.764. The lowest BCUT2D eigenvalue weighted by molar-refractivity contribution is 0.0829. The SMILES string of the molecule is Cc1ccc(NC(=O)c2oc3cccc(C(=O)N(C)C)c3c2N)nc1. The number of anilines is 2. The van der Waals surface area contributed by atoms with Crippen LogP contribution in [-0.2, 0) is 0 Å². The first kappa shape index (κ1) is 16.5. The summed E-state index contributed by atoms with van der Waals surface area (Å²) >= 11 is 0. The summed E-state index contributed by atoms with van der Waals surface area (Å²) in [4.78, 5) is 30.4. The molecule has 0 aliphatic heterocycles. The van der Waals surface area contributed by atoms with Crippen molar-refractivity contribution in [3.8, 4) is 0 Å². The molecule has 0 aliphatic carbocycles. The van der Waals surface area contributed by atoms with Gasteiger partial charge in [-0.1, -0.05) is 12.1 Å². The van der Waals surface area contributed by atoms with Crippen LogP contribution in [0, 0.1) is 6.92 Å². The second-order valence-electron chi connectivity index (χ2n) is 5.90. The van der Waals surface area contributed by atoms with Crippen molar-refractivity contribution < 1.29 is 14.0 Å². The van der Waals surface area contributed by atoms with Crippen molar-refractivity contribution in [1.29, 1.82) is 0 Å². The third kappa shape index (κ3) is 3.03. The number of carbonyl (C=O) groups excluding carboxylic acids is 2. The molecule has 128 valence electrons. The van der Waals surface area contributed by atoms with Crippen LogP contribution in [0.2, 0.25) is 0 Å². The Balaban J connectivity index is 2.01. The number of nitrogens with zero attached hydrogens (tertiary/aromatic N) is 2. The van der Waals surface area contributed by atoms with Gasteiger partial charge in [-0.05, 0) is 30.7 Å². The molecule has 3 N–H and O–H groups in total. The maximum Gasteiger partial charge on any atom is 0.294 e. The van der Waals surface area contributed by atoms with Gasteiger partial charge in [0.15, 0.2) is 0 Å². The van der Waals surface area contributed by atoms with Crippen LogP contribution >= 0.6 is 0 Å². The summed E-state index contributed by atoms with van der Waals surface area (Å²) in [5.41, 5.74) is 7.99. The first-order valence-corrected chi connectivity index (χ1v) is 7.65. The fourth-order valence-corrected chi connectivity index (χ4v) is 2.48. The standard InChI is InChI=1S/C18H18N4O3/c1-10-7-8-13(20-9-10)21-17(23)16-15(19)14-11(18(24)22(2)3)5-4-6-12(14)25-16/h4-9H,19H2,1-3H3,(H,20,21,23). The molecular formula is C18H18N4O3. The van der Waals surface area contributed by atoms with Crippen LogP contribution in [0.5, 0.6) is 0 Å². The summed E-state index contributed by atoms with van der Waals surface area (Å²) in [6, 6.07) is 8.52. The predicted molar refractivity (Wildman–Crippen MR) is 95.6 cm³/mol. The number of furan rings is 1. The molecule has 3 aromatic rings. The number of hydrogen-bond acceptors (Lipinski definition) is 5. The number of aromatic nitrogens is 1. The molecule has 1 aromatic carbocycles. The molecule has 3 rings (SSSR count). The van der Waals surface area contributed by atoms with Crippen LogP contribution in [0.15, 0.2) is 40.9 Å². The van der Waals surface area contributed by atoms with Crippen molar-refractivity contribution in [2.75, 3.05) is 25.1 Å². The van der Waals surface area contributed by atoms with Crippen LogP contribution in [0.4, 0.5) is 11.5 Å². The van der Waals surface area contributed by atoms with Crippen molar-refractivity contribution in [2.45, 2.75) is 6.92 Å². The van der Waals surface area contributed by atoms with E-state index < -0.39 is 5.91 Å². The third-order valence-corrected chi connectivity index (χ3v) is 3.75. The second-order valence-corrected chi connectivity index (χ2v) is 5.90. The van der Waals surface area contributed by atoms with E-state index >= 15 is 0 Å². The minimum absolute atomic E-state index is 0.0450. The second kappa shape index (κ2) is 6.27. The highest BCUT2D eigenvalue weighted by Crippen LogP contribution is 2.32. The lowest BCUT2D eigenvalue weighted by atomic mass is 10.1. The highest BCUT2D eigenvalue weighted by molar-refractivity contribution is 6.16. The van der Waals surface area contributed by atoms with Crippen molar-refractivity contribution in [2.24, 2.45) is 0 Å². The van der Waals surface area contributed by atoms with Gasteiger partial charge in [-0.3, -0.25) is 9.59 Å². The van der Waals surface area contributed by atoms with Gasteiger partial charge in [-0.25, -0.2) is 4.98 Å². The number of hydrogen-bond donors (Lipinski definition) is 2. The van der Waals surface area contributed by atoms with E-state index in [1.807, 2.05) is 13.0 Å². The van der Waals surface area contributed by atoms with Crippen LogP contribution in [0.3, 0.4) is 0 Å². The van der Waals surface area contributed by atoms with E-state index in [1.54, 1.807) is 44.6 Å². The molecule has 7 nitrogen and oxygen atoms in total. The molecule has 0 aliphatic rings. The summed E-state index contributed by atoms with van der Waals surface area (Å²) in [6.07, 6.45) is 1.64. The summed E-state index contributed by atoms with van der Waals surface area (Å²) in [6.45, 7) is 1.90. The van der Waals surface area contributed by atoms with Crippen molar-refractivity contribution >= 4 is 34.3 Å². The number of nitrogens with one attached hydrogen (secondary N) is 1. The summed E-state index contributed by atoms with van der Waals surface area (Å²) in [7, 11) is 3.29. The molecule has 0 radical (unpaired) electrons. The zero-order valence-corrected chi connectivity index (χ0v) is 14.2. The van der Waals surface area contributed by atoms with E-state index in [9.17, 15) is 9.59 Å². The van der Waals surface area contributed by atoms with Gasteiger partial charge in [-0.2, -0.15) is 0 Å². The third-order valence-electron chi connectivity index (χ3n) is 3.75. The normalized spacial score (nSPS) is 10.7. The smallest absolute Gasteiger partial charge is 0.294 e. The molecule has 2 aromatic heterocycles. The minimum atomic E-state index is -0.520. The van der Waals surface area contributed by atoms with Gasteiger partial charge in [0.25, 0.3) is 11.8 Å². The Labute approximate surface area is 144 Å². The van der Waals surface area contributed by atoms with E-state index in [0.717, 1.165) is 5.56 Å². The molecule has 0 spiro atoms. The number of nitrogen functional groups attached to an aromatic ring is 1. The molecule has 0 unspecified atom stereocenters. The summed E-state index contributed by atoms with van der Waals surface area (Å²) in [5, 5.41) is 3.07. The maximum absolute atomic E-state index is 12.5. The lowest BCUT2D eigenvalue weighted by Gasteiger charge is -2.10. The van der Waals surface area contributed by atoms with E-state index in [2.05, 4.69) is 10.3 Å². The van der Waals surface area contributed by atoms with E-state index in [0.29, 0.717) is 22.4 Å². The first-order chi connectivity index (χ1) is 11.9. The van der Waals surface area contributed by atoms with E-state index in [1.165, 1.54) is 4.90 Å². The molecule has 0 saturated carbocycles. The highest BCUT2D eigenvalue weighted by Gasteiger charge is 2.23. The average molecular weight is 338 g/mol. The van der Waals surface area contributed by atoms with Crippen molar-refractivity contribution in [1.82, 2.24) is 9.88 Å². The number of benzene rings is 1. The van der Waals surface area contributed by atoms with Crippen LogP contribution < -0.4 is 11.1 Å². The van der Waals surface area contributed by atoms with Crippen LogP contribution in [0.25, 0.3) is 11.0 Å². The van der Waals surface area contributed by atoms with Gasteiger partial charge in [0, 0.05) is 20.3 Å². The molecule has 0 saturated heterocycles. The van der Waals surface area contributed by atoms with Gasteiger partial charge >= 0.3 is 0 Å². The van der Waals surface area contributed by atoms with E-state index in [-0.39, 0.29) is 17.4 Å². The first-order valence-electron chi connectivity index (χ1n) is 7.65. The maximum atomic E-state index is 12.5. The molecule has 7 heteroatoms. The molecule has 0 fully saturated rings. The van der Waals surface area contributed by atoms with Gasteiger partial charge in [0.05, 0.1) is 16.6 Å². The average Bonchev–Trinajstić information content (AvgIpc) is 2.93. The largest absolute Gasteiger partial charge is 0.449 e. The number of nitrogens with two attached hydrogens (primary N) is 1. The Hall–Kier alpha value is -3.35. The number of aryl methyl sites for hydroxylation is 1. The summed E-state index contributed by atoms with van der Waals surface area (Å²) < 4.78 is 5.59. The Morgan fingerprint density at radius 2 is 1.96 bits per heavy atom. The Morgan fingerprint density at radius 1 is 1.20 bits per heavy atom. The summed E-state index contributed by atoms with van der Waals surface area (Å²) in [5.74, 6) is -0.394. The molecule has 0 bridgehead atoms. The fourth-order valence-electron chi connectivity index (χ4n) is 2.48. The molecule has 2 amide bonds. The molecule has 2 heterocycles. The predicted octanol–water partition coefficient (Wildman–Crippen LogP) is 2.67. The Kier molecular flexibility index (Phi) is 4.14. The number of fused-ring (bicyclic) bond motifs is 1. The monoisotopic (exact) mass is 338 g/mol. The minimum Gasteiger partial charge on any atom is -0.449 e.